The molecule has 3 aromatic carbocycles. The van der Waals surface area contributed by atoms with Crippen molar-refractivity contribution in [2.75, 3.05) is 6.54 Å². The van der Waals surface area contributed by atoms with E-state index in [0.717, 1.165) is 28.9 Å². The normalized spacial score (nSPS) is 16.5. The summed E-state index contributed by atoms with van der Waals surface area (Å²) >= 11 is 0. The second kappa shape index (κ2) is 10.6. The molecule has 4 rings (SSSR count). The van der Waals surface area contributed by atoms with Gasteiger partial charge in [0.1, 0.15) is 11.4 Å². The number of aryl methyl sites for hydroxylation is 1. The Bertz CT molecular complexity index is 1230. The van der Waals surface area contributed by atoms with Crippen LogP contribution in [0.15, 0.2) is 66.7 Å². The lowest BCUT2D eigenvalue weighted by Crippen LogP contribution is -2.33. The molecule has 0 saturated heterocycles. The summed E-state index contributed by atoms with van der Waals surface area (Å²) in [7, 11) is 0. The van der Waals surface area contributed by atoms with Crippen LogP contribution < -0.4 is 4.74 Å². The van der Waals surface area contributed by atoms with Crippen LogP contribution in [0, 0.1) is 6.92 Å². The maximum absolute atomic E-state index is 13.5. The zero-order valence-electron chi connectivity index (χ0n) is 21.6. The number of rotatable bonds is 9. The van der Waals surface area contributed by atoms with Crippen LogP contribution in [0.1, 0.15) is 71.3 Å². The van der Waals surface area contributed by atoms with Gasteiger partial charge < -0.3 is 14.7 Å². The van der Waals surface area contributed by atoms with E-state index in [9.17, 15) is 14.7 Å². The quantitative estimate of drug-likeness (QED) is 0.393. The third kappa shape index (κ3) is 6.14. The highest BCUT2D eigenvalue weighted by Gasteiger charge is 2.35. The smallest absolute Gasteiger partial charge is 0.305 e. The fraction of sp³-hybridized carbons (Fsp3) is 0.355. The predicted octanol–water partition coefficient (Wildman–Crippen LogP) is 6.17. The van der Waals surface area contributed by atoms with E-state index in [0.29, 0.717) is 24.4 Å². The molecule has 5 nitrogen and oxygen atoms in total. The van der Waals surface area contributed by atoms with Crippen LogP contribution in [0.2, 0.25) is 0 Å². The lowest BCUT2D eigenvalue weighted by atomic mass is 9.90. The van der Waals surface area contributed by atoms with Crippen molar-refractivity contribution < 1.29 is 19.4 Å². The van der Waals surface area contributed by atoms with Gasteiger partial charge in [-0.3, -0.25) is 9.59 Å². The van der Waals surface area contributed by atoms with Gasteiger partial charge in [-0.2, -0.15) is 0 Å². The van der Waals surface area contributed by atoms with Gasteiger partial charge in [-0.25, -0.2) is 0 Å². The number of nitrogens with zero attached hydrogens (tertiary/aromatic N) is 1. The summed E-state index contributed by atoms with van der Waals surface area (Å²) in [6, 6.07) is 22.2. The summed E-state index contributed by atoms with van der Waals surface area (Å²) < 4.78 is 6.35. The third-order valence-corrected chi connectivity index (χ3v) is 6.83. The van der Waals surface area contributed by atoms with E-state index in [2.05, 4.69) is 45.0 Å². The first kappa shape index (κ1) is 25.5. The van der Waals surface area contributed by atoms with Crippen molar-refractivity contribution in [3.05, 3.63) is 100 Å². The molecular weight excluding hydrogens is 450 g/mol. The molecule has 0 aromatic heterocycles. The van der Waals surface area contributed by atoms with Gasteiger partial charge in [0.25, 0.3) is 5.91 Å². The van der Waals surface area contributed by atoms with Crippen molar-refractivity contribution in [3.8, 4) is 5.75 Å². The van der Waals surface area contributed by atoms with E-state index in [1.165, 1.54) is 11.1 Å². The number of amides is 1. The van der Waals surface area contributed by atoms with Crippen molar-refractivity contribution in [2.45, 2.75) is 65.0 Å². The standard InChI is InChI=1S/C31H35NO4/c1-21(2)25-11-9-23(10-12-25)18-31(4)19-27-17-26(13-14-28(27)36-31)30(35)32(16-15-29(33)34)20-24-7-5-22(3)6-8-24/h5-14,17,21H,15-16,18-20H2,1-4H3,(H,33,34)/t31-/m0/s1. The lowest BCUT2D eigenvalue weighted by Gasteiger charge is -2.24. The number of hydrogen-bond donors (Lipinski definition) is 1. The van der Waals surface area contributed by atoms with Gasteiger partial charge >= 0.3 is 5.97 Å². The molecule has 1 amide bonds. The van der Waals surface area contributed by atoms with Gasteiger partial charge in [-0.05, 0) is 60.2 Å². The highest BCUT2D eigenvalue weighted by molar-refractivity contribution is 5.95. The van der Waals surface area contributed by atoms with Gasteiger partial charge in [-0.1, -0.05) is 67.9 Å². The molecule has 1 atom stereocenters. The molecule has 5 heteroatoms. The van der Waals surface area contributed by atoms with Gasteiger partial charge in [0, 0.05) is 31.5 Å². The molecule has 0 fully saturated rings. The molecular formula is C31H35NO4. The van der Waals surface area contributed by atoms with Crippen LogP contribution in [0.25, 0.3) is 0 Å². The van der Waals surface area contributed by atoms with Crippen LogP contribution in [-0.4, -0.2) is 34.0 Å². The number of benzene rings is 3. The highest BCUT2D eigenvalue weighted by Crippen LogP contribution is 2.38. The third-order valence-electron chi connectivity index (χ3n) is 6.83. The Hall–Kier alpha value is -3.60. The topological polar surface area (TPSA) is 66.8 Å². The minimum atomic E-state index is -0.920. The molecule has 0 saturated carbocycles. The first-order valence-electron chi connectivity index (χ1n) is 12.6. The van der Waals surface area contributed by atoms with E-state index < -0.39 is 5.97 Å². The zero-order valence-corrected chi connectivity index (χ0v) is 21.6. The van der Waals surface area contributed by atoms with Crippen LogP contribution in [0.5, 0.6) is 5.75 Å². The molecule has 1 aliphatic heterocycles. The number of aliphatic carboxylic acids is 1. The Balaban J connectivity index is 1.49. The molecule has 0 bridgehead atoms. The van der Waals surface area contributed by atoms with Gasteiger partial charge in [0.2, 0.25) is 0 Å². The first-order valence-corrected chi connectivity index (χ1v) is 12.6. The molecule has 0 unspecified atom stereocenters. The number of ether oxygens (including phenoxy) is 1. The van der Waals surface area contributed by atoms with Crippen molar-refractivity contribution >= 4 is 11.9 Å². The van der Waals surface area contributed by atoms with Crippen molar-refractivity contribution in [3.63, 3.8) is 0 Å². The van der Waals surface area contributed by atoms with E-state index in [-0.39, 0.29) is 24.5 Å². The average Bonchev–Trinajstić information content (AvgIpc) is 3.17. The van der Waals surface area contributed by atoms with Crippen LogP contribution >= 0.6 is 0 Å². The van der Waals surface area contributed by atoms with Gasteiger partial charge in [0.15, 0.2) is 0 Å². The molecule has 0 aliphatic carbocycles. The van der Waals surface area contributed by atoms with Crippen molar-refractivity contribution in [1.82, 2.24) is 4.90 Å². The summed E-state index contributed by atoms with van der Waals surface area (Å²) in [5.41, 5.74) is 5.84. The monoisotopic (exact) mass is 485 g/mol. The van der Waals surface area contributed by atoms with E-state index >= 15 is 0 Å². The maximum Gasteiger partial charge on any atom is 0.305 e. The number of fused-ring (bicyclic) bond motifs is 1. The molecule has 1 aliphatic rings. The Morgan fingerprint density at radius 2 is 1.67 bits per heavy atom. The number of hydrogen-bond acceptors (Lipinski definition) is 3. The fourth-order valence-corrected chi connectivity index (χ4v) is 4.78. The molecule has 0 spiro atoms. The fourth-order valence-electron chi connectivity index (χ4n) is 4.78. The number of carboxylic acids is 1. The zero-order chi connectivity index (χ0) is 25.9. The van der Waals surface area contributed by atoms with Crippen molar-refractivity contribution in [1.29, 1.82) is 0 Å². The first-order chi connectivity index (χ1) is 17.1. The average molecular weight is 486 g/mol. The molecule has 36 heavy (non-hydrogen) atoms. The second-order valence-corrected chi connectivity index (χ2v) is 10.5. The molecule has 1 N–H and O–H groups in total. The largest absolute Gasteiger partial charge is 0.487 e. The van der Waals surface area contributed by atoms with E-state index in [4.69, 9.17) is 4.74 Å². The van der Waals surface area contributed by atoms with Crippen LogP contribution in [-0.2, 0) is 24.2 Å². The Morgan fingerprint density at radius 3 is 2.31 bits per heavy atom. The predicted molar refractivity (Wildman–Crippen MR) is 142 cm³/mol. The van der Waals surface area contributed by atoms with Crippen LogP contribution in [0.3, 0.4) is 0 Å². The Morgan fingerprint density at radius 1 is 1.00 bits per heavy atom. The number of carbonyl (C=O) groups excluding carboxylic acids is 1. The Labute approximate surface area is 213 Å². The number of carbonyl (C=O) groups is 2. The second-order valence-electron chi connectivity index (χ2n) is 10.5. The number of carboxylic acid groups (broad SMARTS) is 1. The van der Waals surface area contributed by atoms with E-state index in [1.807, 2.05) is 43.3 Å². The van der Waals surface area contributed by atoms with Gasteiger partial charge in [0.05, 0.1) is 6.42 Å². The highest BCUT2D eigenvalue weighted by atomic mass is 16.5. The molecule has 188 valence electrons. The lowest BCUT2D eigenvalue weighted by molar-refractivity contribution is -0.137. The summed E-state index contributed by atoms with van der Waals surface area (Å²) in [6.07, 6.45) is 1.39. The summed E-state index contributed by atoms with van der Waals surface area (Å²) in [5.74, 6) is 0.218. The van der Waals surface area contributed by atoms with Crippen molar-refractivity contribution in [2.24, 2.45) is 0 Å². The van der Waals surface area contributed by atoms with Gasteiger partial charge in [-0.15, -0.1) is 0 Å². The molecule has 1 heterocycles. The Kier molecular flexibility index (Phi) is 7.48. The summed E-state index contributed by atoms with van der Waals surface area (Å²) in [4.78, 5) is 26.3. The minimum Gasteiger partial charge on any atom is -0.487 e. The molecule has 3 aromatic rings. The minimum absolute atomic E-state index is 0.0979. The van der Waals surface area contributed by atoms with E-state index in [1.54, 1.807) is 11.0 Å². The maximum atomic E-state index is 13.5. The summed E-state index contributed by atoms with van der Waals surface area (Å²) in [6.45, 7) is 9.02. The molecule has 0 radical (unpaired) electrons. The summed E-state index contributed by atoms with van der Waals surface area (Å²) in [5, 5.41) is 9.21. The van der Waals surface area contributed by atoms with Crippen LogP contribution in [0.4, 0.5) is 0 Å². The SMILES string of the molecule is Cc1ccc(CN(CCC(=O)O)C(=O)c2ccc3c(c2)C[C@](C)(Cc2ccc(C(C)C)cc2)O3)cc1.